The van der Waals surface area contributed by atoms with Crippen LogP contribution in [0.25, 0.3) is 0 Å². The normalized spacial score (nSPS) is 27.1. The fourth-order valence-electron chi connectivity index (χ4n) is 4.96. The lowest BCUT2D eigenvalue weighted by molar-refractivity contribution is -0.130. The van der Waals surface area contributed by atoms with E-state index in [-0.39, 0.29) is 49.0 Å². The average Bonchev–Trinajstić information content (AvgIpc) is 3.14. The van der Waals surface area contributed by atoms with Crippen LogP contribution >= 0.6 is 11.6 Å². The first-order valence-electron chi connectivity index (χ1n) is 10.9. The molecule has 0 radical (unpaired) electrons. The van der Waals surface area contributed by atoms with Crippen LogP contribution in [0.5, 0.6) is 0 Å². The zero-order chi connectivity index (χ0) is 22.0. The lowest BCUT2D eigenvalue weighted by Crippen LogP contribution is -2.38. The van der Waals surface area contributed by atoms with Crippen molar-refractivity contribution in [1.82, 2.24) is 4.90 Å². The molecule has 2 saturated heterocycles. The van der Waals surface area contributed by atoms with Gasteiger partial charge in [-0.15, -0.1) is 0 Å². The van der Waals surface area contributed by atoms with Gasteiger partial charge in [0.25, 0.3) is 0 Å². The molecule has 5 atom stereocenters. The molecule has 2 heterocycles. The molecule has 4 rings (SSSR count). The summed E-state index contributed by atoms with van der Waals surface area (Å²) in [5.74, 6) is 0.0455. The number of benzene rings is 2. The molecule has 0 N–H and O–H groups in total. The summed E-state index contributed by atoms with van der Waals surface area (Å²) in [6.07, 6.45) is 1.68. The second kappa shape index (κ2) is 9.41. The molecule has 2 aliphatic heterocycles. The van der Waals surface area contributed by atoms with Gasteiger partial charge < -0.3 is 9.47 Å². The standard InChI is InChI=1S/C25H28ClNO4/c1-16-12-20(13-17(2)31-16)22(18-8-10-21(26)11-9-18)14-24(28)27-23(15-30-25(27)29)19-6-4-3-5-7-19/h3-11,16-17,20,22-23H,12-15H2,1-2H3/t16-,17+,20+,22-,23-/m0/s1. The van der Waals surface area contributed by atoms with Crippen molar-refractivity contribution in [3.63, 3.8) is 0 Å². The Morgan fingerprint density at radius 2 is 1.71 bits per heavy atom. The van der Waals surface area contributed by atoms with E-state index in [1.165, 1.54) is 4.90 Å². The van der Waals surface area contributed by atoms with E-state index in [0.717, 1.165) is 24.0 Å². The van der Waals surface area contributed by atoms with Crippen molar-refractivity contribution in [2.45, 2.75) is 57.3 Å². The summed E-state index contributed by atoms with van der Waals surface area (Å²) >= 11 is 6.11. The van der Waals surface area contributed by atoms with Crippen molar-refractivity contribution in [3.8, 4) is 0 Å². The third kappa shape index (κ3) is 4.94. The van der Waals surface area contributed by atoms with E-state index in [2.05, 4.69) is 13.8 Å². The zero-order valence-electron chi connectivity index (χ0n) is 17.9. The van der Waals surface area contributed by atoms with Crippen molar-refractivity contribution in [3.05, 3.63) is 70.7 Å². The van der Waals surface area contributed by atoms with Crippen molar-refractivity contribution < 1.29 is 19.1 Å². The van der Waals surface area contributed by atoms with Gasteiger partial charge in [0.1, 0.15) is 12.6 Å². The molecule has 2 fully saturated rings. The number of hydrogen-bond donors (Lipinski definition) is 0. The minimum Gasteiger partial charge on any atom is -0.446 e. The number of carbonyl (C=O) groups excluding carboxylic acids is 2. The first-order chi connectivity index (χ1) is 14.9. The van der Waals surface area contributed by atoms with Gasteiger partial charge in [-0.25, -0.2) is 9.69 Å². The summed E-state index contributed by atoms with van der Waals surface area (Å²) in [5, 5.41) is 0.662. The summed E-state index contributed by atoms with van der Waals surface area (Å²) in [6.45, 7) is 4.34. The number of halogens is 1. The van der Waals surface area contributed by atoms with Crippen molar-refractivity contribution >= 4 is 23.6 Å². The van der Waals surface area contributed by atoms with Crippen molar-refractivity contribution in [2.24, 2.45) is 5.92 Å². The van der Waals surface area contributed by atoms with Gasteiger partial charge in [-0.2, -0.15) is 0 Å². The Balaban J connectivity index is 1.60. The molecular weight excluding hydrogens is 414 g/mol. The first kappa shape index (κ1) is 21.8. The van der Waals surface area contributed by atoms with Gasteiger partial charge in [-0.05, 0) is 61.8 Å². The minimum atomic E-state index is -0.567. The number of amides is 2. The molecule has 0 saturated carbocycles. The Morgan fingerprint density at radius 1 is 1.06 bits per heavy atom. The Hall–Kier alpha value is -2.37. The van der Waals surface area contributed by atoms with Crippen LogP contribution in [0.1, 0.15) is 56.2 Å². The molecule has 31 heavy (non-hydrogen) atoms. The van der Waals surface area contributed by atoms with E-state index in [4.69, 9.17) is 21.1 Å². The number of carbonyl (C=O) groups is 2. The molecule has 2 amide bonds. The molecule has 164 valence electrons. The maximum absolute atomic E-state index is 13.5. The molecule has 0 spiro atoms. The highest BCUT2D eigenvalue weighted by molar-refractivity contribution is 6.30. The minimum absolute atomic E-state index is 0.0246. The van der Waals surface area contributed by atoms with Crippen molar-refractivity contribution in [2.75, 3.05) is 6.61 Å². The van der Waals surface area contributed by atoms with Gasteiger partial charge in [-0.1, -0.05) is 54.1 Å². The number of cyclic esters (lactones) is 1. The summed E-state index contributed by atoms with van der Waals surface area (Å²) in [4.78, 5) is 27.2. The Kier molecular flexibility index (Phi) is 6.63. The molecule has 2 aromatic carbocycles. The second-order valence-electron chi connectivity index (χ2n) is 8.62. The fourth-order valence-corrected chi connectivity index (χ4v) is 5.08. The molecule has 0 unspecified atom stereocenters. The molecular formula is C25H28ClNO4. The Morgan fingerprint density at radius 3 is 2.35 bits per heavy atom. The highest BCUT2D eigenvalue weighted by Crippen LogP contribution is 2.40. The molecule has 5 nitrogen and oxygen atoms in total. The highest BCUT2D eigenvalue weighted by atomic mass is 35.5. The van der Waals surface area contributed by atoms with Crippen LogP contribution in [-0.4, -0.2) is 35.7 Å². The SMILES string of the molecule is C[C@@H]1C[C@H]([C@@H](CC(=O)N2C(=O)OC[C@H]2c2ccccc2)c2ccc(Cl)cc2)C[C@H](C)O1. The van der Waals surface area contributed by atoms with E-state index in [0.29, 0.717) is 5.02 Å². The predicted octanol–water partition coefficient (Wildman–Crippen LogP) is 5.74. The van der Waals surface area contributed by atoms with E-state index < -0.39 is 6.09 Å². The van der Waals surface area contributed by atoms with Crippen LogP contribution in [0.4, 0.5) is 4.79 Å². The maximum Gasteiger partial charge on any atom is 0.417 e. The van der Waals surface area contributed by atoms with E-state index >= 15 is 0 Å². The van der Waals surface area contributed by atoms with Crippen LogP contribution < -0.4 is 0 Å². The Bertz CT molecular complexity index is 907. The van der Waals surface area contributed by atoms with Gasteiger partial charge >= 0.3 is 6.09 Å². The quantitative estimate of drug-likeness (QED) is 0.593. The highest BCUT2D eigenvalue weighted by Gasteiger charge is 2.41. The number of hydrogen-bond acceptors (Lipinski definition) is 4. The van der Waals surface area contributed by atoms with E-state index in [1.54, 1.807) is 0 Å². The fraction of sp³-hybridized carbons (Fsp3) is 0.440. The molecule has 2 aliphatic rings. The maximum atomic E-state index is 13.5. The van der Waals surface area contributed by atoms with Gasteiger partial charge in [0, 0.05) is 11.4 Å². The van der Waals surface area contributed by atoms with Crippen LogP contribution in [0.2, 0.25) is 5.02 Å². The molecule has 0 bridgehead atoms. The first-order valence-corrected chi connectivity index (χ1v) is 11.2. The summed E-state index contributed by atoms with van der Waals surface area (Å²) in [7, 11) is 0. The average molecular weight is 442 g/mol. The lowest BCUT2D eigenvalue weighted by Gasteiger charge is -2.37. The molecule has 0 aromatic heterocycles. The van der Waals surface area contributed by atoms with Gasteiger partial charge in [-0.3, -0.25) is 4.79 Å². The van der Waals surface area contributed by atoms with Crippen molar-refractivity contribution in [1.29, 1.82) is 0 Å². The number of nitrogens with zero attached hydrogens (tertiary/aromatic N) is 1. The van der Waals surface area contributed by atoms with Crippen LogP contribution in [0, 0.1) is 5.92 Å². The number of imide groups is 1. The second-order valence-corrected chi connectivity index (χ2v) is 9.05. The van der Waals surface area contributed by atoms with Crippen LogP contribution in [0.3, 0.4) is 0 Å². The largest absolute Gasteiger partial charge is 0.446 e. The van der Waals surface area contributed by atoms with Crippen LogP contribution in [-0.2, 0) is 14.3 Å². The zero-order valence-corrected chi connectivity index (χ0v) is 18.6. The Labute approximate surface area is 188 Å². The topological polar surface area (TPSA) is 55.8 Å². The van der Waals surface area contributed by atoms with E-state index in [1.807, 2.05) is 54.6 Å². The smallest absolute Gasteiger partial charge is 0.417 e. The van der Waals surface area contributed by atoms with Gasteiger partial charge in [0.15, 0.2) is 0 Å². The summed E-state index contributed by atoms with van der Waals surface area (Å²) in [6, 6.07) is 16.9. The monoisotopic (exact) mass is 441 g/mol. The predicted molar refractivity (Wildman–Crippen MR) is 119 cm³/mol. The molecule has 2 aromatic rings. The van der Waals surface area contributed by atoms with E-state index in [9.17, 15) is 9.59 Å². The third-order valence-corrected chi connectivity index (χ3v) is 6.57. The third-order valence-electron chi connectivity index (χ3n) is 6.32. The molecule has 6 heteroatoms. The van der Waals surface area contributed by atoms with Gasteiger partial charge in [0.2, 0.25) is 5.91 Å². The summed E-state index contributed by atoms with van der Waals surface area (Å²) in [5.41, 5.74) is 1.96. The summed E-state index contributed by atoms with van der Waals surface area (Å²) < 4.78 is 11.2. The number of ether oxygens (including phenoxy) is 2. The number of rotatable bonds is 5. The van der Waals surface area contributed by atoms with Gasteiger partial charge in [0.05, 0.1) is 12.2 Å². The lowest BCUT2D eigenvalue weighted by atomic mass is 9.76. The molecule has 0 aliphatic carbocycles. The van der Waals surface area contributed by atoms with Crippen LogP contribution in [0.15, 0.2) is 54.6 Å².